The summed E-state index contributed by atoms with van der Waals surface area (Å²) in [6, 6.07) is 2.02. The molecule has 0 bridgehead atoms. The Bertz CT molecular complexity index is 495. The fraction of sp³-hybridized carbons (Fsp3) is 0.455. The number of hydrogen-bond donors (Lipinski definition) is 0. The van der Waals surface area contributed by atoms with E-state index in [1.807, 2.05) is 19.3 Å². The third-order valence-electron chi connectivity index (χ3n) is 2.49. The highest BCUT2D eigenvalue weighted by atomic mass is 15.5. The van der Waals surface area contributed by atoms with Gasteiger partial charge in [0.05, 0.1) is 0 Å². The molecule has 0 saturated heterocycles. The predicted molar refractivity (Wildman–Crippen MR) is 60.7 cm³/mol. The van der Waals surface area contributed by atoms with Crippen molar-refractivity contribution in [2.24, 2.45) is 7.05 Å². The second-order valence-electron chi connectivity index (χ2n) is 4.80. The Balaban J connectivity index is 2.62. The van der Waals surface area contributed by atoms with Crippen LogP contribution < -0.4 is 0 Å². The number of pyridine rings is 1. The van der Waals surface area contributed by atoms with Crippen LogP contribution in [0.2, 0.25) is 0 Å². The SMILES string of the molecule is Cn1nnnc1-c1cnccc1C(C)(C)C. The van der Waals surface area contributed by atoms with Crippen molar-refractivity contribution in [1.29, 1.82) is 0 Å². The lowest BCUT2D eigenvalue weighted by Gasteiger charge is -2.21. The lowest BCUT2D eigenvalue weighted by atomic mass is 9.84. The Hall–Kier alpha value is -1.78. The average Bonchev–Trinajstić information content (AvgIpc) is 2.63. The summed E-state index contributed by atoms with van der Waals surface area (Å²) < 4.78 is 1.66. The van der Waals surface area contributed by atoms with Crippen LogP contribution in [0.4, 0.5) is 0 Å². The van der Waals surface area contributed by atoms with Crippen LogP contribution in [-0.4, -0.2) is 25.2 Å². The standard InChI is InChI=1S/C11H15N5/c1-11(2,3)9-5-6-12-7-8(9)10-13-14-15-16(10)4/h5-7H,1-4H3. The van der Waals surface area contributed by atoms with Crippen molar-refractivity contribution in [1.82, 2.24) is 25.2 Å². The highest BCUT2D eigenvalue weighted by Crippen LogP contribution is 2.30. The average molecular weight is 217 g/mol. The molecule has 0 atom stereocenters. The van der Waals surface area contributed by atoms with Crippen LogP contribution in [0.15, 0.2) is 18.5 Å². The molecule has 0 aliphatic heterocycles. The number of nitrogens with zero attached hydrogens (tertiary/aromatic N) is 5. The Morgan fingerprint density at radius 2 is 2.00 bits per heavy atom. The first-order chi connectivity index (χ1) is 7.50. The lowest BCUT2D eigenvalue weighted by Crippen LogP contribution is -2.14. The molecule has 0 aliphatic rings. The van der Waals surface area contributed by atoms with Gasteiger partial charge in [-0.15, -0.1) is 5.10 Å². The molecule has 0 radical (unpaired) electrons. The van der Waals surface area contributed by atoms with Crippen LogP contribution in [0.1, 0.15) is 26.3 Å². The Kier molecular flexibility index (Phi) is 2.46. The molecule has 84 valence electrons. The molecule has 5 nitrogen and oxygen atoms in total. The summed E-state index contributed by atoms with van der Waals surface area (Å²) in [4.78, 5) is 4.15. The molecule has 0 aliphatic carbocycles. The predicted octanol–water partition coefficient (Wildman–Crippen LogP) is 1.57. The summed E-state index contributed by atoms with van der Waals surface area (Å²) >= 11 is 0. The van der Waals surface area contributed by atoms with Crippen molar-refractivity contribution >= 4 is 0 Å². The van der Waals surface area contributed by atoms with Gasteiger partial charge in [0.25, 0.3) is 0 Å². The maximum absolute atomic E-state index is 4.15. The molecule has 0 saturated carbocycles. The van der Waals surface area contributed by atoms with E-state index >= 15 is 0 Å². The minimum absolute atomic E-state index is 0.0459. The molecule has 0 unspecified atom stereocenters. The first-order valence-corrected chi connectivity index (χ1v) is 5.17. The van der Waals surface area contributed by atoms with Gasteiger partial charge in [0.15, 0.2) is 5.82 Å². The van der Waals surface area contributed by atoms with Gasteiger partial charge >= 0.3 is 0 Å². The summed E-state index contributed by atoms with van der Waals surface area (Å²) in [5.41, 5.74) is 2.23. The van der Waals surface area contributed by atoms with Crippen LogP contribution in [0.3, 0.4) is 0 Å². The zero-order chi connectivity index (χ0) is 11.8. The van der Waals surface area contributed by atoms with E-state index in [9.17, 15) is 0 Å². The maximum atomic E-state index is 4.15. The molecule has 16 heavy (non-hydrogen) atoms. The van der Waals surface area contributed by atoms with Crippen molar-refractivity contribution in [3.63, 3.8) is 0 Å². The van der Waals surface area contributed by atoms with Crippen LogP contribution in [0.25, 0.3) is 11.4 Å². The third kappa shape index (κ3) is 1.80. The smallest absolute Gasteiger partial charge is 0.183 e. The summed E-state index contributed by atoms with van der Waals surface area (Å²) in [5.74, 6) is 0.748. The lowest BCUT2D eigenvalue weighted by molar-refractivity contribution is 0.589. The molecule has 5 heteroatoms. The van der Waals surface area contributed by atoms with E-state index < -0.39 is 0 Å². The highest BCUT2D eigenvalue weighted by molar-refractivity contribution is 5.60. The molecule has 2 aromatic rings. The van der Waals surface area contributed by atoms with Gasteiger partial charge in [-0.3, -0.25) is 4.98 Å². The minimum atomic E-state index is 0.0459. The largest absolute Gasteiger partial charge is 0.264 e. The molecule has 2 rings (SSSR count). The Labute approximate surface area is 94.5 Å². The number of hydrogen-bond acceptors (Lipinski definition) is 4. The molecule has 0 amide bonds. The van der Waals surface area contributed by atoms with E-state index in [-0.39, 0.29) is 5.41 Å². The van der Waals surface area contributed by atoms with Crippen molar-refractivity contribution in [2.75, 3.05) is 0 Å². The van der Waals surface area contributed by atoms with Gasteiger partial charge in [0.1, 0.15) is 0 Å². The zero-order valence-electron chi connectivity index (χ0n) is 9.97. The topological polar surface area (TPSA) is 56.5 Å². The van der Waals surface area contributed by atoms with Crippen molar-refractivity contribution < 1.29 is 0 Å². The van der Waals surface area contributed by atoms with Gasteiger partial charge in [-0.1, -0.05) is 20.8 Å². The molecule has 0 N–H and O–H groups in total. The van der Waals surface area contributed by atoms with E-state index in [1.165, 1.54) is 5.56 Å². The molecule has 2 heterocycles. The Morgan fingerprint density at radius 1 is 1.25 bits per heavy atom. The molecular weight excluding hydrogens is 202 g/mol. The van der Waals surface area contributed by atoms with E-state index in [2.05, 4.69) is 41.3 Å². The normalized spacial score (nSPS) is 11.8. The van der Waals surface area contributed by atoms with Gasteiger partial charge < -0.3 is 0 Å². The van der Waals surface area contributed by atoms with Crippen molar-refractivity contribution in [3.05, 3.63) is 24.0 Å². The first kappa shape index (κ1) is 10.7. The second kappa shape index (κ2) is 3.66. The molecule has 0 aromatic carbocycles. The number of tetrazole rings is 1. The van der Waals surface area contributed by atoms with Gasteiger partial charge in [0.2, 0.25) is 0 Å². The molecule has 0 fully saturated rings. The first-order valence-electron chi connectivity index (χ1n) is 5.17. The van der Waals surface area contributed by atoms with Gasteiger partial charge in [-0.05, 0) is 27.5 Å². The maximum Gasteiger partial charge on any atom is 0.183 e. The number of aryl methyl sites for hydroxylation is 1. The summed E-state index contributed by atoms with van der Waals surface area (Å²) in [6.07, 6.45) is 3.61. The molecular formula is C11H15N5. The second-order valence-corrected chi connectivity index (χ2v) is 4.80. The van der Waals surface area contributed by atoms with Gasteiger partial charge in [-0.2, -0.15) is 0 Å². The molecule has 0 spiro atoms. The fourth-order valence-corrected chi connectivity index (χ4v) is 1.68. The van der Waals surface area contributed by atoms with E-state index in [0.29, 0.717) is 0 Å². The quantitative estimate of drug-likeness (QED) is 0.727. The highest BCUT2D eigenvalue weighted by Gasteiger charge is 2.21. The molecule has 2 aromatic heterocycles. The number of rotatable bonds is 1. The van der Waals surface area contributed by atoms with Crippen molar-refractivity contribution in [3.8, 4) is 11.4 Å². The minimum Gasteiger partial charge on any atom is -0.264 e. The fourth-order valence-electron chi connectivity index (χ4n) is 1.68. The van der Waals surface area contributed by atoms with Crippen LogP contribution in [0.5, 0.6) is 0 Å². The monoisotopic (exact) mass is 217 g/mol. The summed E-state index contributed by atoms with van der Waals surface area (Å²) in [7, 11) is 1.83. The van der Waals surface area contributed by atoms with Crippen LogP contribution in [0, 0.1) is 0 Å². The van der Waals surface area contributed by atoms with Crippen molar-refractivity contribution in [2.45, 2.75) is 26.2 Å². The number of aromatic nitrogens is 5. The third-order valence-corrected chi connectivity index (χ3v) is 2.49. The summed E-state index contributed by atoms with van der Waals surface area (Å²) in [6.45, 7) is 6.49. The van der Waals surface area contributed by atoms with Gasteiger partial charge in [-0.25, -0.2) is 4.68 Å². The van der Waals surface area contributed by atoms with Gasteiger partial charge in [0, 0.05) is 25.0 Å². The Morgan fingerprint density at radius 3 is 2.56 bits per heavy atom. The van der Waals surface area contributed by atoms with Crippen LogP contribution in [-0.2, 0) is 12.5 Å². The van der Waals surface area contributed by atoms with Crippen LogP contribution >= 0.6 is 0 Å². The zero-order valence-corrected chi connectivity index (χ0v) is 9.97. The summed E-state index contributed by atoms with van der Waals surface area (Å²) in [5, 5.41) is 11.5. The van der Waals surface area contributed by atoms with E-state index in [4.69, 9.17) is 0 Å². The van der Waals surface area contributed by atoms with E-state index in [1.54, 1.807) is 10.9 Å². The van der Waals surface area contributed by atoms with E-state index in [0.717, 1.165) is 11.4 Å².